The number of aryl methyl sites for hydroxylation is 1. The number of rotatable bonds is 1. The van der Waals surface area contributed by atoms with Crippen LogP contribution in [0.25, 0.3) is 0 Å². The van der Waals surface area contributed by atoms with Gasteiger partial charge in [0.05, 0.1) is 5.41 Å². The van der Waals surface area contributed by atoms with Gasteiger partial charge in [-0.1, -0.05) is 17.7 Å². The molecule has 4 nitrogen and oxygen atoms in total. The van der Waals surface area contributed by atoms with Crippen molar-refractivity contribution in [3.63, 3.8) is 0 Å². The molecular weight excluding hydrogens is 252 g/mol. The average molecular weight is 270 g/mol. The number of likely N-dealkylation sites (tertiary alicyclic amines) is 1. The summed E-state index contributed by atoms with van der Waals surface area (Å²) in [7, 11) is 0. The van der Waals surface area contributed by atoms with Crippen LogP contribution in [0.4, 0.5) is 5.69 Å². The molecule has 4 rings (SSSR count). The highest BCUT2D eigenvalue weighted by molar-refractivity contribution is 6.07. The smallest absolute Gasteiger partial charge is 0.236 e. The maximum atomic E-state index is 12.5. The fourth-order valence-electron chi connectivity index (χ4n) is 3.52. The summed E-state index contributed by atoms with van der Waals surface area (Å²) in [4.78, 5) is 26.6. The number of carbonyl (C=O) groups is 2. The Labute approximate surface area is 118 Å². The average Bonchev–Trinajstić information content (AvgIpc) is 3.13. The summed E-state index contributed by atoms with van der Waals surface area (Å²) >= 11 is 0. The second-order valence-corrected chi connectivity index (χ2v) is 6.37. The number of nitrogens with one attached hydrogen (secondary N) is 1. The Hall–Kier alpha value is -1.84. The van der Waals surface area contributed by atoms with Crippen LogP contribution in [-0.2, 0) is 15.0 Å². The summed E-state index contributed by atoms with van der Waals surface area (Å²) in [5.41, 5.74) is 2.65. The first-order valence-electron chi connectivity index (χ1n) is 7.31. The van der Waals surface area contributed by atoms with Crippen molar-refractivity contribution < 1.29 is 9.59 Å². The summed E-state index contributed by atoms with van der Waals surface area (Å²) < 4.78 is 0. The van der Waals surface area contributed by atoms with Crippen LogP contribution in [0.2, 0.25) is 0 Å². The van der Waals surface area contributed by atoms with Gasteiger partial charge in [-0.25, -0.2) is 0 Å². The lowest BCUT2D eigenvalue weighted by atomic mass is 9.80. The van der Waals surface area contributed by atoms with E-state index in [4.69, 9.17) is 0 Å². The topological polar surface area (TPSA) is 49.4 Å². The SMILES string of the molecule is Cc1ccc2c(c1)C1(CCN(C(=O)C3CC3)C1)C(=O)N2. The van der Waals surface area contributed by atoms with Crippen LogP contribution in [0.15, 0.2) is 18.2 Å². The summed E-state index contributed by atoms with van der Waals surface area (Å²) in [6, 6.07) is 6.08. The molecule has 1 saturated carbocycles. The molecular formula is C16H18N2O2. The number of fused-ring (bicyclic) bond motifs is 2. The van der Waals surface area contributed by atoms with E-state index in [1.54, 1.807) is 0 Å². The summed E-state index contributed by atoms with van der Waals surface area (Å²) in [5, 5.41) is 2.98. The fourth-order valence-corrected chi connectivity index (χ4v) is 3.52. The fraction of sp³-hybridized carbons (Fsp3) is 0.500. The largest absolute Gasteiger partial charge is 0.341 e. The van der Waals surface area contributed by atoms with Crippen LogP contribution >= 0.6 is 0 Å². The third-order valence-corrected chi connectivity index (χ3v) is 4.88. The molecule has 3 aliphatic rings. The van der Waals surface area contributed by atoms with Crippen LogP contribution in [0, 0.1) is 12.8 Å². The Kier molecular flexibility index (Phi) is 2.29. The molecule has 1 saturated heterocycles. The normalized spacial score (nSPS) is 27.9. The Bertz CT molecular complexity index is 621. The van der Waals surface area contributed by atoms with Crippen molar-refractivity contribution in [3.05, 3.63) is 29.3 Å². The number of benzene rings is 1. The molecule has 2 fully saturated rings. The minimum atomic E-state index is -0.508. The van der Waals surface area contributed by atoms with E-state index in [2.05, 4.69) is 11.4 Å². The van der Waals surface area contributed by atoms with Gasteiger partial charge in [0, 0.05) is 24.7 Å². The molecule has 0 bridgehead atoms. The second kappa shape index (κ2) is 3.84. The lowest BCUT2D eigenvalue weighted by Crippen LogP contribution is -2.39. The zero-order valence-electron chi connectivity index (χ0n) is 11.6. The van der Waals surface area contributed by atoms with E-state index < -0.39 is 5.41 Å². The number of nitrogens with zero attached hydrogens (tertiary/aromatic N) is 1. The molecule has 2 amide bonds. The Morgan fingerprint density at radius 2 is 2.20 bits per heavy atom. The lowest BCUT2D eigenvalue weighted by molar-refractivity contribution is -0.131. The minimum absolute atomic E-state index is 0.0594. The van der Waals surface area contributed by atoms with Gasteiger partial charge in [-0.2, -0.15) is 0 Å². The molecule has 1 N–H and O–H groups in total. The standard InChI is InChI=1S/C16H18N2O2/c1-10-2-5-13-12(8-10)16(15(20)17-13)6-7-18(9-16)14(19)11-3-4-11/h2,5,8,11H,3-4,6-7,9H2,1H3,(H,17,20). The molecule has 1 atom stereocenters. The Morgan fingerprint density at radius 3 is 2.95 bits per heavy atom. The van der Waals surface area contributed by atoms with Crippen molar-refractivity contribution in [2.24, 2.45) is 5.92 Å². The predicted octanol–water partition coefficient (Wildman–Crippen LogP) is 1.83. The van der Waals surface area contributed by atoms with Crippen molar-refractivity contribution in [1.82, 2.24) is 4.90 Å². The molecule has 1 spiro atoms. The second-order valence-electron chi connectivity index (χ2n) is 6.37. The molecule has 0 radical (unpaired) electrons. The minimum Gasteiger partial charge on any atom is -0.341 e. The molecule has 1 unspecified atom stereocenters. The highest BCUT2D eigenvalue weighted by atomic mass is 16.2. The third kappa shape index (κ3) is 1.54. The van der Waals surface area contributed by atoms with Crippen molar-refractivity contribution in [2.45, 2.75) is 31.6 Å². The number of carbonyl (C=O) groups excluding carboxylic acids is 2. The van der Waals surface area contributed by atoms with Crippen molar-refractivity contribution in [3.8, 4) is 0 Å². The summed E-state index contributed by atoms with van der Waals surface area (Å²) in [6.45, 7) is 3.29. The van der Waals surface area contributed by atoms with Gasteiger partial charge in [-0.15, -0.1) is 0 Å². The van der Waals surface area contributed by atoms with Gasteiger partial charge in [0.25, 0.3) is 0 Å². The monoisotopic (exact) mass is 270 g/mol. The van der Waals surface area contributed by atoms with Crippen molar-refractivity contribution in [1.29, 1.82) is 0 Å². The van der Waals surface area contributed by atoms with Crippen LogP contribution in [-0.4, -0.2) is 29.8 Å². The first-order valence-corrected chi connectivity index (χ1v) is 7.31. The molecule has 2 heterocycles. The van der Waals surface area contributed by atoms with Gasteiger partial charge in [-0.05, 0) is 37.8 Å². The van der Waals surface area contributed by atoms with E-state index in [0.717, 1.165) is 36.1 Å². The molecule has 1 aliphatic carbocycles. The molecule has 20 heavy (non-hydrogen) atoms. The lowest BCUT2D eigenvalue weighted by Gasteiger charge is -2.22. The maximum Gasteiger partial charge on any atom is 0.236 e. The van der Waals surface area contributed by atoms with Gasteiger partial charge >= 0.3 is 0 Å². The highest BCUT2D eigenvalue weighted by Gasteiger charge is 2.53. The van der Waals surface area contributed by atoms with Gasteiger partial charge < -0.3 is 10.2 Å². The van der Waals surface area contributed by atoms with E-state index in [-0.39, 0.29) is 17.7 Å². The van der Waals surface area contributed by atoms with Crippen LogP contribution in [0.3, 0.4) is 0 Å². The first-order chi connectivity index (χ1) is 9.60. The van der Waals surface area contributed by atoms with E-state index >= 15 is 0 Å². The van der Waals surface area contributed by atoms with Crippen LogP contribution < -0.4 is 5.32 Å². The van der Waals surface area contributed by atoms with E-state index in [1.807, 2.05) is 24.0 Å². The number of anilines is 1. The summed E-state index contributed by atoms with van der Waals surface area (Å²) in [6.07, 6.45) is 2.78. The molecule has 4 heteroatoms. The first kappa shape index (κ1) is 11.9. The molecule has 104 valence electrons. The van der Waals surface area contributed by atoms with Crippen molar-refractivity contribution in [2.75, 3.05) is 18.4 Å². The number of hydrogen-bond acceptors (Lipinski definition) is 2. The quantitative estimate of drug-likeness (QED) is 0.846. The van der Waals surface area contributed by atoms with E-state index in [0.29, 0.717) is 13.1 Å². The predicted molar refractivity (Wildman–Crippen MR) is 75.4 cm³/mol. The number of hydrogen-bond donors (Lipinski definition) is 1. The zero-order chi connectivity index (χ0) is 13.9. The van der Waals surface area contributed by atoms with Gasteiger partial charge in [0.1, 0.15) is 0 Å². The molecule has 1 aromatic carbocycles. The van der Waals surface area contributed by atoms with E-state index in [1.165, 1.54) is 0 Å². The Balaban J connectivity index is 1.70. The van der Waals surface area contributed by atoms with Crippen molar-refractivity contribution >= 4 is 17.5 Å². The van der Waals surface area contributed by atoms with Gasteiger partial charge in [0.2, 0.25) is 11.8 Å². The van der Waals surface area contributed by atoms with E-state index in [9.17, 15) is 9.59 Å². The van der Waals surface area contributed by atoms with Crippen LogP contribution in [0.1, 0.15) is 30.4 Å². The number of amides is 2. The summed E-state index contributed by atoms with van der Waals surface area (Å²) in [5.74, 6) is 0.534. The zero-order valence-corrected chi connectivity index (χ0v) is 11.6. The highest BCUT2D eigenvalue weighted by Crippen LogP contribution is 2.45. The molecule has 1 aromatic rings. The molecule has 0 aromatic heterocycles. The van der Waals surface area contributed by atoms with Crippen LogP contribution in [0.5, 0.6) is 0 Å². The van der Waals surface area contributed by atoms with Gasteiger partial charge in [0.15, 0.2) is 0 Å². The molecule has 2 aliphatic heterocycles. The Morgan fingerprint density at radius 1 is 1.40 bits per heavy atom. The maximum absolute atomic E-state index is 12.5. The third-order valence-electron chi connectivity index (χ3n) is 4.88. The van der Waals surface area contributed by atoms with Gasteiger partial charge in [-0.3, -0.25) is 9.59 Å².